The molecule has 0 saturated heterocycles. The van der Waals surface area contributed by atoms with Gasteiger partial charge in [-0.25, -0.2) is 0 Å². The highest BCUT2D eigenvalue weighted by Gasteiger charge is 2.09. The Kier molecular flexibility index (Phi) is 2.79. The van der Waals surface area contributed by atoms with Gasteiger partial charge in [-0.3, -0.25) is 9.97 Å². The monoisotopic (exact) mass is 292 g/mol. The number of H-pyrrole nitrogens is 1. The summed E-state index contributed by atoms with van der Waals surface area (Å²) < 4.78 is 2.82. The Hall–Kier alpha value is -2.53. The second kappa shape index (κ2) is 4.79. The fraction of sp³-hybridized carbons (Fsp3) is 0.0625. The highest BCUT2D eigenvalue weighted by atomic mass is 32.1. The number of hydrogen-bond donors (Lipinski definition) is 1. The summed E-state index contributed by atoms with van der Waals surface area (Å²) in [6, 6.07) is 12.1. The number of pyridine rings is 2. The molecular formula is C16H12N4S. The van der Waals surface area contributed by atoms with Crippen molar-refractivity contribution in [3.63, 3.8) is 0 Å². The van der Waals surface area contributed by atoms with E-state index in [1.54, 1.807) is 12.4 Å². The minimum absolute atomic E-state index is 0.708. The maximum atomic E-state index is 5.48. The summed E-state index contributed by atoms with van der Waals surface area (Å²) in [6.45, 7) is 0.718. The quantitative estimate of drug-likeness (QED) is 0.573. The predicted octanol–water partition coefficient (Wildman–Crippen LogP) is 3.69. The molecule has 0 aliphatic rings. The maximum absolute atomic E-state index is 5.48. The van der Waals surface area contributed by atoms with E-state index in [-0.39, 0.29) is 0 Å². The van der Waals surface area contributed by atoms with E-state index in [1.807, 2.05) is 36.5 Å². The van der Waals surface area contributed by atoms with E-state index in [4.69, 9.17) is 12.2 Å². The van der Waals surface area contributed by atoms with Crippen molar-refractivity contribution in [2.75, 3.05) is 0 Å². The minimum atomic E-state index is 0.708. The first-order chi connectivity index (χ1) is 10.3. The van der Waals surface area contributed by atoms with Crippen molar-refractivity contribution in [2.45, 2.75) is 6.54 Å². The molecule has 3 aromatic heterocycles. The molecule has 0 fully saturated rings. The number of fused-ring (bicyclic) bond motifs is 3. The smallest absolute Gasteiger partial charge is 0.178 e. The Bertz CT molecular complexity index is 985. The summed E-state index contributed by atoms with van der Waals surface area (Å²) in [6.07, 6.45) is 5.44. The number of imidazole rings is 1. The first kappa shape index (κ1) is 12.2. The maximum Gasteiger partial charge on any atom is 0.178 e. The number of para-hydroxylation sites is 1. The molecule has 4 aromatic rings. The molecule has 0 saturated carbocycles. The highest BCUT2D eigenvalue weighted by Crippen LogP contribution is 2.24. The lowest BCUT2D eigenvalue weighted by molar-refractivity contribution is 0.811. The molecule has 0 amide bonds. The van der Waals surface area contributed by atoms with Gasteiger partial charge < -0.3 is 9.55 Å². The van der Waals surface area contributed by atoms with Gasteiger partial charge >= 0.3 is 0 Å². The van der Waals surface area contributed by atoms with E-state index in [2.05, 4.69) is 25.6 Å². The van der Waals surface area contributed by atoms with Crippen LogP contribution in [0.4, 0.5) is 0 Å². The van der Waals surface area contributed by atoms with Gasteiger partial charge in [-0.05, 0) is 36.0 Å². The van der Waals surface area contributed by atoms with Crippen LogP contribution in [-0.4, -0.2) is 19.5 Å². The summed E-state index contributed by atoms with van der Waals surface area (Å²) >= 11 is 5.48. The highest BCUT2D eigenvalue weighted by molar-refractivity contribution is 7.71. The second-order valence-corrected chi connectivity index (χ2v) is 5.30. The molecule has 102 valence electrons. The van der Waals surface area contributed by atoms with E-state index >= 15 is 0 Å². The molecule has 0 aliphatic heterocycles. The summed E-state index contributed by atoms with van der Waals surface area (Å²) in [7, 11) is 0. The lowest BCUT2D eigenvalue weighted by Gasteiger charge is -2.06. The Balaban J connectivity index is 2.01. The van der Waals surface area contributed by atoms with Gasteiger partial charge in [0.2, 0.25) is 0 Å². The molecular weight excluding hydrogens is 280 g/mol. The van der Waals surface area contributed by atoms with E-state index < -0.39 is 0 Å². The zero-order valence-corrected chi connectivity index (χ0v) is 12.0. The van der Waals surface area contributed by atoms with Crippen LogP contribution in [0.3, 0.4) is 0 Å². The summed E-state index contributed by atoms with van der Waals surface area (Å²) in [4.78, 5) is 11.8. The van der Waals surface area contributed by atoms with Gasteiger partial charge in [-0.2, -0.15) is 0 Å². The second-order valence-electron chi connectivity index (χ2n) is 4.91. The van der Waals surface area contributed by atoms with Crippen molar-refractivity contribution in [2.24, 2.45) is 0 Å². The molecule has 0 spiro atoms. The van der Waals surface area contributed by atoms with Gasteiger partial charge in [-0.1, -0.05) is 18.2 Å². The van der Waals surface area contributed by atoms with Crippen LogP contribution >= 0.6 is 12.2 Å². The van der Waals surface area contributed by atoms with Crippen LogP contribution in [0.1, 0.15) is 5.56 Å². The van der Waals surface area contributed by atoms with Crippen molar-refractivity contribution >= 4 is 34.2 Å². The average Bonchev–Trinajstić information content (AvgIpc) is 2.85. The molecule has 4 rings (SSSR count). The number of aromatic nitrogens is 4. The zero-order valence-electron chi connectivity index (χ0n) is 11.2. The van der Waals surface area contributed by atoms with E-state index in [0.29, 0.717) is 4.77 Å². The lowest BCUT2D eigenvalue weighted by atomic mass is 10.2. The van der Waals surface area contributed by atoms with Crippen LogP contribution in [0.5, 0.6) is 0 Å². The third kappa shape index (κ3) is 2.02. The topological polar surface area (TPSA) is 46.5 Å². The first-order valence-corrected chi connectivity index (χ1v) is 7.09. The Morgan fingerprint density at radius 1 is 1.10 bits per heavy atom. The average molecular weight is 292 g/mol. The Morgan fingerprint density at radius 3 is 2.76 bits per heavy atom. The van der Waals surface area contributed by atoms with Gasteiger partial charge in [0, 0.05) is 17.8 Å². The zero-order chi connectivity index (χ0) is 14.2. The normalized spacial score (nSPS) is 11.2. The van der Waals surface area contributed by atoms with Crippen LogP contribution in [0, 0.1) is 4.77 Å². The SMILES string of the molecule is S=c1[nH]c2cnc3ccccc3c2n1Cc1ccncc1. The largest absolute Gasteiger partial charge is 0.329 e. The number of hydrogen-bond acceptors (Lipinski definition) is 3. The minimum Gasteiger partial charge on any atom is -0.329 e. The number of nitrogens with zero attached hydrogens (tertiary/aromatic N) is 3. The van der Waals surface area contributed by atoms with Crippen LogP contribution in [0.25, 0.3) is 21.9 Å². The number of benzene rings is 1. The van der Waals surface area contributed by atoms with Crippen molar-refractivity contribution in [3.05, 3.63) is 65.3 Å². The molecule has 0 bridgehead atoms. The van der Waals surface area contributed by atoms with Crippen molar-refractivity contribution < 1.29 is 0 Å². The van der Waals surface area contributed by atoms with Crippen LogP contribution in [0.15, 0.2) is 55.0 Å². The molecule has 5 heteroatoms. The Morgan fingerprint density at radius 2 is 1.90 bits per heavy atom. The van der Waals surface area contributed by atoms with Gasteiger partial charge in [0.1, 0.15) is 0 Å². The van der Waals surface area contributed by atoms with Crippen LogP contribution in [-0.2, 0) is 6.54 Å². The van der Waals surface area contributed by atoms with Crippen LogP contribution < -0.4 is 0 Å². The van der Waals surface area contributed by atoms with Crippen molar-refractivity contribution in [1.29, 1.82) is 0 Å². The molecule has 1 N–H and O–H groups in total. The van der Waals surface area contributed by atoms with Gasteiger partial charge in [0.25, 0.3) is 0 Å². The molecule has 0 aliphatic carbocycles. The molecule has 1 aromatic carbocycles. The number of rotatable bonds is 2. The van der Waals surface area contributed by atoms with Crippen molar-refractivity contribution in [3.8, 4) is 0 Å². The van der Waals surface area contributed by atoms with Crippen LogP contribution in [0.2, 0.25) is 0 Å². The molecule has 4 nitrogen and oxygen atoms in total. The molecule has 0 radical (unpaired) electrons. The van der Waals surface area contributed by atoms with E-state index in [1.165, 1.54) is 5.56 Å². The number of nitrogens with one attached hydrogen (secondary N) is 1. The lowest BCUT2D eigenvalue weighted by Crippen LogP contribution is -2.00. The molecule has 21 heavy (non-hydrogen) atoms. The van der Waals surface area contributed by atoms with Crippen molar-refractivity contribution in [1.82, 2.24) is 19.5 Å². The standard InChI is InChI=1S/C16H12N4S/c21-16-19-14-9-18-13-4-2-1-3-12(13)15(14)20(16)10-11-5-7-17-8-6-11/h1-9H,10H2,(H,19,21). The summed E-state index contributed by atoms with van der Waals surface area (Å²) in [5.41, 5.74) is 4.21. The fourth-order valence-corrected chi connectivity index (χ4v) is 2.88. The van der Waals surface area contributed by atoms with Gasteiger partial charge in [0.05, 0.1) is 29.3 Å². The third-order valence-electron chi connectivity index (χ3n) is 3.59. The van der Waals surface area contributed by atoms with E-state index in [9.17, 15) is 0 Å². The predicted molar refractivity (Wildman–Crippen MR) is 85.8 cm³/mol. The third-order valence-corrected chi connectivity index (χ3v) is 3.92. The number of aromatic amines is 1. The molecule has 0 atom stereocenters. The van der Waals surface area contributed by atoms with Gasteiger partial charge in [-0.15, -0.1) is 0 Å². The summed E-state index contributed by atoms with van der Waals surface area (Å²) in [5, 5.41) is 1.11. The molecule has 0 unspecified atom stereocenters. The first-order valence-electron chi connectivity index (χ1n) is 6.68. The fourth-order valence-electron chi connectivity index (χ4n) is 2.61. The molecule has 3 heterocycles. The Labute approximate surface area is 126 Å². The van der Waals surface area contributed by atoms with Gasteiger partial charge in [0.15, 0.2) is 4.77 Å². The summed E-state index contributed by atoms with van der Waals surface area (Å²) in [5.74, 6) is 0. The van der Waals surface area contributed by atoms with E-state index in [0.717, 1.165) is 28.5 Å².